The van der Waals surface area contributed by atoms with Gasteiger partial charge in [0, 0.05) is 24.5 Å². The summed E-state index contributed by atoms with van der Waals surface area (Å²) in [6.45, 7) is 2.24. The van der Waals surface area contributed by atoms with Crippen LogP contribution in [0.4, 0.5) is 0 Å². The zero-order valence-corrected chi connectivity index (χ0v) is 7.97. The van der Waals surface area contributed by atoms with Gasteiger partial charge >= 0.3 is 7.12 Å². The molecule has 1 aromatic heterocycles. The fourth-order valence-corrected chi connectivity index (χ4v) is 1.08. The lowest BCUT2D eigenvalue weighted by molar-refractivity contribution is 0.287. The van der Waals surface area contributed by atoms with Crippen molar-refractivity contribution in [1.29, 1.82) is 5.26 Å². The van der Waals surface area contributed by atoms with Crippen molar-refractivity contribution in [2.75, 3.05) is 6.61 Å². The van der Waals surface area contributed by atoms with Crippen LogP contribution in [-0.2, 0) is 11.1 Å². The fourth-order valence-electron chi connectivity index (χ4n) is 1.08. The van der Waals surface area contributed by atoms with Gasteiger partial charge in [-0.1, -0.05) is 6.07 Å². The van der Waals surface area contributed by atoms with Crippen molar-refractivity contribution >= 4 is 12.6 Å². The lowest BCUT2D eigenvalue weighted by Crippen LogP contribution is -2.34. The van der Waals surface area contributed by atoms with Gasteiger partial charge in [-0.25, -0.2) is 0 Å². The van der Waals surface area contributed by atoms with E-state index in [1.54, 1.807) is 19.2 Å². The first-order valence-electron chi connectivity index (χ1n) is 4.38. The molecule has 1 aromatic rings. The third-order valence-electron chi connectivity index (χ3n) is 1.71. The summed E-state index contributed by atoms with van der Waals surface area (Å²) in [4.78, 5) is 3.92. The van der Waals surface area contributed by atoms with Crippen LogP contribution in [0, 0.1) is 11.3 Å². The second-order valence-electron chi connectivity index (χ2n) is 2.77. The molecule has 0 fully saturated rings. The van der Waals surface area contributed by atoms with Crippen molar-refractivity contribution < 1.29 is 9.68 Å². The van der Waals surface area contributed by atoms with Gasteiger partial charge in [0.2, 0.25) is 0 Å². The van der Waals surface area contributed by atoms with Crippen molar-refractivity contribution in [2.45, 2.75) is 13.3 Å². The van der Waals surface area contributed by atoms with Gasteiger partial charge in [-0.05, 0) is 12.5 Å². The number of aromatic nitrogens is 1. The van der Waals surface area contributed by atoms with E-state index in [2.05, 4.69) is 4.98 Å². The average Bonchev–Trinajstić information content (AvgIpc) is 2.19. The zero-order chi connectivity index (χ0) is 10.4. The summed E-state index contributed by atoms with van der Waals surface area (Å²) in [5, 5.41) is 17.9. The molecule has 0 aliphatic heterocycles. The third kappa shape index (κ3) is 2.84. The smallest absolute Gasteiger partial charge is 0.423 e. The Labute approximate surface area is 83.3 Å². The number of pyridine rings is 1. The van der Waals surface area contributed by atoms with E-state index < -0.39 is 7.12 Å². The van der Waals surface area contributed by atoms with E-state index in [0.717, 1.165) is 5.56 Å². The Bertz CT molecular complexity index is 338. The van der Waals surface area contributed by atoms with Crippen molar-refractivity contribution in [1.82, 2.24) is 4.98 Å². The van der Waals surface area contributed by atoms with Crippen LogP contribution >= 0.6 is 0 Å². The van der Waals surface area contributed by atoms with Gasteiger partial charge in [-0.3, -0.25) is 4.98 Å². The van der Waals surface area contributed by atoms with E-state index in [-0.39, 0.29) is 0 Å². The molecule has 0 bridgehead atoms. The van der Waals surface area contributed by atoms with Crippen LogP contribution in [0.3, 0.4) is 0 Å². The van der Waals surface area contributed by atoms with E-state index in [9.17, 15) is 5.02 Å². The predicted octanol–water partition coefficient (Wildman–Crippen LogP) is -0.128. The van der Waals surface area contributed by atoms with E-state index in [1.807, 2.05) is 6.07 Å². The second kappa shape index (κ2) is 5.38. The summed E-state index contributed by atoms with van der Waals surface area (Å²) in [6, 6.07) is 3.74. The van der Waals surface area contributed by atoms with Crippen LogP contribution in [0.5, 0.6) is 0 Å². The number of nitrogens with zero attached hydrogens (tertiary/aromatic N) is 2. The largest absolute Gasteiger partial charge is 0.492 e. The summed E-state index contributed by atoms with van der Waals surface area (Å²) < 4.78 is 4.99. The van der Waals surface area contributed by atoms with Crippen molar-refractivity contribution in [3.63, 3.8) is 0 Å². The summed E-state index contributed by atoms with van der Waals surface area (Å²) in [5.41, 5.74) is 1.36. The molecule has 72 valence electrons. The number of rotatable bonds is 4. The maximum absolute atomic E-state index is 9.47. The standard InChI is InChI=1S/C9H11BN2O2/c1-2-14-10(13)9-5-8(3-4-11)6-12-7-9/h5-7,13H,2-3H2,1H3. The molecule has 0 saturated heterocycles. The van der Waals surface area contributed by atoms with Crippen LogP contribution in [0.15, 0.2) is 18.5 Å². The van der Waals surface area contributed by atoms with E-state index in [0.29, 0.717) is 18.5 Å². The molecule has 1 N–H and O–H groups in total. The lowest BCUT2D eigenvalue weighted by Gasteiger charge is -2.05. The molecule has 1 rings (SSSR count). The summed E-state index contributed by atoms with van der Waals surface area (Å²) in [7, 11) is -0.953. The third-order valence-corrected chi connectivity index (χ3v) is 1.71. The molecule has 5 heteroatoms. The first kappa shape index (κ1) is 10.7. The first-order chi connectivity index (χ1) is 6.77. The van der Waals surface area contributed by atoms with Crippen molar-refractivity contribution in [3.05, 3.63) is 24.0 Å². The van der Waals surface area contributed by atoms with Crippen LogP contribution < -0.4 is 5.46 Å². The van der Waals surface area contributed by atoms with Gasteiger partial charge in [-0.2, -0.15) is 5.26 Å². The van der Waals surface area contributed by atoms with Gasteiger partial charge < -0.3 is 9.68 Å². The summed E-state index contributed by atoms with van der Waals surface area (Å²) in [6.07, 6.45) is 3.42. The van der Waals surface area contributed by atoms with Crippen molar-refractivity contribution in [3.8, 4) is 6.07 Å². The molecule has 0 amide bonds. The SMILES string of the molecule is CCOB(O)c1cncc(CC#N)c1. The van der Waals surface area contributed by atoms with E-state index in [1.165, 1.54) is 6.20 Å². The molecule has 0 aromatic carbocycles. The van der Waals surface area contributed by atoms with Crippen LogP contribution in [0.2, 0.25) is 0 Å². The predicted molar refractivity (Wildman–Crippen MR) is 52.8 cm³/mol. The Morgan fingerprint density at radius 3 is 3.07 bits per heavy atom. The highest BCUT2D eigenvalue weighted by Gasteiger charge is 2.15. The maximum atomic E-state index is 9.47. The number of hydrogen-bond donors (Lipinski definition) is 1. The Kier molecular flexibility index (Phi) is 4.11. The quantitative estimate of drug-likeness (QED) is 0.671. The lowest BCUT2D eigenvalue weighted by atomic mass is 9.80. The molecule has 0 unspecified atom stereocenters. The molecule has 0 aliphatic carbocycles. The monoisotopic (exact) mass is 190 g/mol. The minimum atomic E-state index is -0.953. The second-order valence-corrected chi connectivity index (χ2v) is 2.77. The molecule has 0 atom stereocenters. The molecular weight excluding hydrogens is 179 g/mol. The van der Waals surface area contributed by atoms with Crippen LogP contribution in [0.25, 0.3) is 0 Å². The van der Waals surface area contributed by atoms with Crippen LogP contribution in [0.1, 0.15) is 12.5 Å². The van der Waals surface area contributed by atoms with Gasteiger partial charge in [0.1, 0.15) is 0 Å². The highest BCUT2D eigenvalue weighted by molar-refractivity contribution is 6.59. The first-order valence-corrected chi connectivity index (χ1v) is 4.38. The molecule has 4 nitrogen and oxygen atoms in total. The zero-order valence-electron chi connectivity index (χ0n) is 7.97. The molecule has 0 radical (unpaired) electrons. The molecule has 0 aliphatic rings. The molecule has 0 spiro atoms. The Morgan fingerprint density at radius 2 is 2.43 bits per heavy atom. The normalized spacial score (nSPS) is 9.50. The fraction of sp³-hybridized carbons (Fsp3) is 0.333. The summed E-state index contributed by atoms with van der Waals surface area (Å²) in [5.74, 6) is 0. The molecule has 0 saturated carbocycles. The van der Waals surface area contributed by atoms with Crippen molar-refractivity contribution in [2.24, 2.45) is 0 Å². The number of nitriles is 1. The van der Waals surface area contributed by atoms with E-state index in [4.69, 9.17) is 9.92 Å². The minimum absolute atomic E-state index is 0.291. The van der Waals surface area contributed by atoms with Gasteiger partial charge in [-0.15, -0.1) is 0 Å². The molecule has 1 heterocycles. The van der Waals surface area contributed by atoms with Gasteiger partial charge in [0.25, 0.3) is 0 Å². The van der Waals surface area contributed by atoms with Gasteiger partial charge in [0.05, 0.1) is 12.5 Å². The highest BCUT2D eigenvalue weighted by Crippen LogP contribution is 1.95. The average molecular weight is 190 g/mol. The van der Waals surface area contributed by atoms with Gasteiger partial charge in [0.15, 0.2) is 0 Å². The minimum Gasteiger partial charge on any atom is -0.423 e. The maximum Gasteiger partial charge on any atom is 0.492 e. The molecule has 14 heavy (non-hydrogen) atoms. The highest BCUT2D eigenvalue weighted by atomic mass is 16.5. The number of hydrogen-bond acceptors (Lipinski definition) is 4. The Morgan fingerprint density at radius 1 is 1.64 bits per heavy atom. The summed E-state index contributed by atoms with van der Waals surface area (Å²) >= 11 is 0. The topological polar surface area (TPSA) is 66.1 Å². The Hall–Kier alpha value is -1.38. The van der Waals surface area contributed by atoms with Crippen LogP contribution in [-0.4, -0.2) is 23.7 Å². The van der Waals surface area contributed by atoms with E-state index >= 15 is 0 Å². The molecular formula is C9H11BN2O2. The Balaban J connectivity index is 2.78.